The van der Waals surface area contributed by atoms with Crippen molar-refractivity contribution in [2.75, 3.05) is 24.7 Å². The minimum Gasteiger partial charge on any atom is -0.476 e. The number of hydrogen-bond donors (Lipinski definition) is 3. The van der Waals surface area contributed by atoms with Gasteiger partial charge in [0.05, 0.1) is 24.6 Å². The highest BCUT2D eigenvalue weighted by atomic mass is 32.2. The van der Waals surface area contributed by atoms with Crippen molar-refractivity contribution >= 4 is 43.9 Å². The Morgan fingerprint density at radius 2 is 2.05 bits per heavy atom. The molecule has 214 valence electrons. The summed E-state index contributed by atoms with van der Waals surface area (Å²) in [5, 5.41) is 33.5. The number of hydrogen-bond acceptors (Lipinski definition) is 10. The van der Waals surface area contributed by atoms with E-state index in [0.717, 1.165) is 11.8 Å². The number of fused-ring (bicyclic) bond motifs is 1. The van der Waals surface area contributed by atoms with Gasteiger partial charge in [0.1, 0.15) is 18.1 Å². The zero-order chi connectivity index (χ0) is 28.7. The number of carboxylic acid groups (broad SMARTS) is 1. The van der Waals surface area contributed by atoms with Crippen LogP contribution in [0.2, 0.25) is 18.1 Å². The Morgan fingerprint density at radius 1 is 1.37 bits per heavy atom. The second-order valence-corrected chi connectivity index (χ2v) is 17.9. The number of nitrogens with zero attached hydrogens (tertiary/aromatic N) is 2. The number of thioether (sulfide) groups is 2. The SMILES string of the molecule is C=CCOC(=O)NCCSCC[C@H]1C(SC(O)CC#N)=C(C(=O)O)N2O[C@H]([C@@H](C)O[Si](C)(C)C(C)(C)C)[C@H]12. The molecule has 5 atom stereocenters. The van der Waals surface area contributed by atoms with E-state index in [2.05, 4.69) is 45.8 Å². The summed E-state index contributed by atoms with van der Waals surface area (Å²) >= 11 is 2.65. The Labute approximate surface area is 235 Å². The Balaban J connectivity index is 2.13. The quantitative estimate of drug-likeness (QED) is 0.109. The van der Waals surface area contributed by atoms with Gasteiger partial charge >= 0.3 is 12.1 Å². The van der Waals surface area contributed by atoms with Gasteiger partial charge in [-0.1, -0.05) is 45.2 Å². The van der Waals surface area contributed by atoms with Crippen LogP contribution in [0.25, 0.3) is 0 Å². The number of amides is 1. The van der Waals surface area contributed by atoms with Crippen molar-refractivity contribution in [3.63, 3.8) is 0 Å². The van der Waals surface area contributed by atoms with Crippen molar-refractivity contribution in [3.05, 3.63) is 23.3 Å². The van der Waals surface area contributed by atoms with Gasteiger partial charge in [0.25, 0.3) is 0 Å². The Bertz CT molecular complexity index is 935. The second kappa shape index (κ2) is 14.1. The van der Waals surface area contributed by atoms with Crippen molar-refractivity contribution in [3.8, 4) is 6.07 Å². The van der Waals surface area contributed by atoms with Crippen molar-refractivity contribution in [1.29, 1.82) is 5.26 Å². The van der Waals surface area contributed by atoms with E-state index in [4.69, 9.17) is 19.3 Å². The van der Waals surface area contributed by atoms with E-state index in [1.165, 1.54) is 11.1 Å². The molecule has 1 fully saturated rings. The number of aliphatic hydroxyl groups is 1. The summed E-state index contributed by atoms with van der Waals surface area (Å²) in [6.45, 7) is 16.9. The molecule has 0 saturated carbocycles. The highest BCUT2D eigenvalue weighted by Gasteiger charge is 2.58. The van der Waals surface area contributed by atoms with Crippen LogP contribution in [0.4, 0.5) is 4.79 Å². The van der Waals surface area contributed by atoms with Gasteiger partial charge in [-0.2, -0.15) is 17.0 Å². The average Bonchev–Trinajstić information content (AvgIpc) is 3.01. The number of nitriles is 1. The molecule has 10 nitrogen and oxygen atoms in total. The molecular formula is C25H41N3O7S2Si. The summed E-state index contributed by atoms with van der Waals surface area (Å²) in [6, 6.07) is 1.69. The lowest BCUT2D eigenvalue weighted by atomic mass is 9.90. The molecule has 2 rings (SSSR count). The summed E-state index contributed by atoms with van der Waals surface area (Å²) in [7, 11) is -2.09. The van der Waals surface area contributed by atoms with E-state index >= 15 is 0 Å². The first kappa shape index (κ1) is 32.5. The number of aliphatic hydroxyl groups excluding tert-OH is 1. The van der Waals surface area contributed by atoms with Gasteiger partial charge in [0.2, 0.25) is 0 Å². The van der Waals surface area contributed by atoms with Crippen LogP contribution in [-0.2, 0) is 18.8 Å². The standard InChI is InChI=1S/C25H41N3O7S2Si/c1-8-13-33-24(32)27-12-15-36-14-10-17-19-21(16(2)35-38(6,7)25(3,4)5)34-28(19)20(23(30)31)22(17)37-18(29)9-11-26/h8,16-19,21,29H,1,9-10,12-15H2,2-7H3,(H,27,32)(H,30,31)/t16-,17-,18?,19+,21-/m1/s1. The molecule has 1 saturated heterocycles. The van der Waals surface area contributed by atoms with Crippen molar-refractivity contribution < 1.29 is 33.8 Å². The van der Waals surface area contributed by atoms with Gasteiger partial charge in [-0.3, -0.25) is 4.84 Å². The lowest BCUT2D eigenvalue weighted by Gasteiger charge is -2.51. The van der Waals surface area contributed by atoms with Gasteiger partial charge < -0.3 is 24.7 Å². The summed E-state index contributed by atoms with van der Waals surface area (Å²) < 4.78 is 11.5. The van der Waals surface area contributed by atoms with Gasteiger partial charge in [-0.05, 0) is 37.2 Å². The second-order valence-electron chi connectivity index (χ2n) is 10.7. The average molecular weight is 588 g/mol. The summed E-state index contributed by atoms with van der Waals surface area (Å²) in [4.78, 5) is 30.4. The van der Waals surface area contributed by atoms with Crippen LogP contribution in [0, 0.1) is 17.2 Å². The Morgan fingerprint density at radius 3 is 2.63 bits per heavy atom. The zero-order valence-electron chi connectivity index (χ0n) is 23.1. The van der Waals surface area contributed by atoms with E-state index in [9.17, 15) is 19.8 Å². The van der Waals surface area contributed by atoms with Crippen LogP contribution in [0.3, 0.4) is 0 Å². The van der Waals surface area contributed by atoms with E-state index < -0.39 is 25.8 Å². The molecule has 0 aliphatic carbocycles. The number of ether oxygens (including phenoxy) is 1. The lowest BCUT2D eigenvalue weighted by Crippen LogP contribution is -2.64. The van der Waals surface area contributed by atoms with E-state index in [0.29, 0.717) is 29.4 Å². The maximum atomic E-state index is 12.3. The molecule has 0 aromatic heterocycles. The zero-order valence-corrected chi connectivity index (χ0v) is 25.7. The first-order valence-electron chi connectivity index (χ1n) is 12.7. The predicted molar refractivity (Wildman–Crippen MR) is 152 cm³/mol. The molecule has 13 heteroatoms. The van der Waals surface area contributed by atoms with Gasteiger partial charge in [0, 0.05) is 23.1 Å². The van der Waals surface area contributed by atoms with Crippen LogP contribution in [-0.4, -0.2) is 84.0 Å². The van der Waals surface area contributed by atoms with E-state index in [1.54, 1.807) is 11.8 Å². The third-order valence-corrected chi connectivity index (χ3v) is 13.7. The number of hydroxylamine groups is 2. The molecule has 0 radical (unpaired) electrons. The Hall–Kier alpha value is -1.69. The highest BCUT2D eigenvalue weighted by molar-refractivity contribution is 8.03. The van der Waals surface area contributed by atoms with Crippen LogP contribution >= 0.6 is 23.5 Å². The molecule has 2 heterocycles. The molecule has 0 aromatic rings. The van der Waals surface area contributed by atoms with Crippen LogP contribution in [0.5, 0.6) is 0 Å². The number of carboxylic acids is 1. The summed E-state index contributed by atoms with van der Waals surface area (Å²) in [5.41, 5.74) is -1.02. The molecule has 2 aliphatic rings. The van der Waals surface area contributed by atoms with E-state index in [-0.39, 0.29) is 47.9 Å². The minimum atomic E-state index is -2.09. The fourth-order valence-corrected chi connectivity index (χ4v) is 7.54. The number of carbonyl (C=O) groups excluding carboxylic acids is 1. The largest absolute Gasteiger partial charge is 0.476 e. The highest BCUT2D eigenvalue weighted by Crippen LogP contribution is 2.52. The van der Waals surface area contributed by atoms with Crippen LogP contribution in [0.1, 0.15) is 40.5 Å². The first-order valence-corrected chi connectivity index (χ1v) is 17.6. The first-order chi connectivity index (χ1) is 17.7. The molecule has 38 heavy (non-hydrogen) atoms. The van der Waals surface area contributed by atoms with Crippen LogP contribution in [0.15, 0.2) is 23.3 Å². The molecule has 0 bridgehead atoms. The number of alkyl carbamates (subject to hydrolysis) is 1. The third-order valence-electron chi connectivity index (χ3n) is 6.95. The topological polar surface area (TPSA) is 141 Å². The summed E-state index contributed by atoms with van der Waals surface area (Å²) in [6.07, 6.45) is 0.939. The summed E-state index contributed by atoms with van der Waals surface area (Å²) in [5.74, 6) is 0.0232. The predicted octanol–water partition coefficient (Wildman–Crippen LogP) is 4.31. The number of rotatable bonds is 15. The lowest BCUT2D eigenvalue weighted by molar-refractivity contribution is -0.334. The fraction of sp³-hybridized carbons (Fsp3) is 0.720. The minimum absolute atomic E-state index is 0.00937. The number of aliphatic carboxylic acids is 1. The monoisotopic (exact) mass is 587 g/mol. The van der Waals surface area contributed by atoms with Crippen molar-refractivity contribution in [1.82, 2.24) is 10.4 Å². The Kier molecular flexibility index (Phi) is 12.1. The van der Waals surface area contributed by atoms with Crippen molar-refractivity contribution in [2.45, 2.75) is 82.4 Å². The fourth-order valence-electron chi connectivity index (χ4n) is 4.08. The van der Waals surface area contributed by atoms with Gasteiger partial charge in [-0.25, -0.2) is 14.7 Å². The smallest absolute Gasteiger partial charge is 0.407 e. The van der Waals surface area contributed by atoms with E-state index in [1.807, 2.05) is 13.0 Å². The van der Waals surface area contributed by atoms with Crippen LogP contribution < -0.4 is 5.32 Å². The normalized spacial score (nSPS) is 22.7. The number of nitrogens with one attached hydrogen (secondary N) is 1. The maximum absolute atomic E-state index is 12.3. The third kappa shape index (κ3) is 8.16. The molecule has 3 N–H and O–H groups in total. The number of carbonyl (C=O) groups is 2. The maximum Gasteiger partial charge on any atom is 0.407 e. The van der Waals surface area contributed by atoms with Crippen molar-refractivity contribution in [2.24, 2.45) is 5.92 Å². The molecule has 2 aliphatic heterocycles. The van der Waals surface area contributed by atoms with Gasteiger partial charge in [0.15, 0.2) is 14.0 Å². The molecular weight excluding hydrogens is 547 g/mol. The van der Waals surface area contributed by atoms with Gasteiger partial charge in [-0.15, -0.1) is 0 Å². The molecule has 0 spiro atoms. The molecule has 1 amide bonds. The molecule has 1 unspecified atom stereocenters. The molecule has 0 aromatic carbocycles.